The summed E-state index contributed by atoms with van der Waals surface area (Å²) in [5, 5.41) is 46.0. The molecule has 0 saturated carbocycles. The average molecular weight is 718 g/mol. The first kappa shape index (κ1) is 41.5. The van der Waals surface area contributed by atoms with Crippen LogP contribution in [0.2, 0.25) is 0 Å². The molecule has 0 aliphatic carbocycles. The number of aliphatic hydroxyl groups is 4. The maximum Gasteiger partial charge on any atom is 0.311 e. The molecule has 0 amide bonds. The Bertz CT molecular complexity index is 1150. The van der Waals surface area contributed by atoms with Gasteiger partial charge in [0.15, 0.2) is 24.0 Å². The van der Waals surface area contributed by atoms with Crippen molar-refractivity contribution >= 4 is 11.8 Å². The second-order valence-corrected chi connectivity index (χ2v) is 15.9. The lowest BCUT2D eigenvalue weighted by molar-refractivity contribution is -0.311. The lowest BCUT2D eigenvalue weighted by atomic mass is 9.74. The summed E-state index contributed by atoms with van der Waals surface area (Å²) < 4.78 is 42.8. The molecule has 4 heterocycles. The number of epoxide rings is 1. The number of ether oxygens (including phenoxy) is 7. The Morgan fingerprint density at radius 1 is 0.900 bits per heavy atom. The third-order valence-electron chi connectivity index (χ3n) is 11.6. The molecular weight excluding hydrogens is 654 g/mol. The predicted molar refractivity (Wildman–Crippen MR) is 180 cm³/mol. The lowest BCUT2D eigenvalue weighted by Gasteiger charge is -2.48. The van der Waals surface area contributed by atoms with Gasteiger partial charge in [-0.3, -0.25) is 9.59 Å². The SMILES string of the molecule is CCC1OC(=O)[C@H](C)C(O[C@H]2C[C@H](OC)[C@@H](O)[C@H](C)O2)[C@H](C)[C@@H](O[C@@H]2O[C@H](C)C[C@H](N(C)C)[C@H]2O)[C@](C)(O)C[C@@]2(CO2)C(=O)[C@H](C)[C@@H](O)[C@H]1C. The highest BCUT2D eigenvalue weighted by atomic mass is 16.7. The second kappa shape index (κ2) is 16.4. The van der Waals surface area contributed by atoms with Crippen molar-refractivity contribution in [2.24, 2.45) is 23.7 Å². The minimum atomic E-state index is -1.81. The molecule has 4 aliphatic rings. The van der Waals surface area contributed by atoms with Gasteiger partial charge in [-0.1, -0.05) is 27.7 Å². The highest BCUT2D eigenvalue weighted by molar-refractivity contribution is 5.92. The van der Waals surface area contributed by atoms with Crippen LogP contribution in [0.3, 0.4) is 0 Å². The highest BCUT2D eigenvalue weighted by Crippen LogP contribution is 2.45. The summed E-state index contributed by atoms with van der Waals surface area (Å²) in [5.74, 6) is -4.21. The van der Waals surface area contributed by atoms with E-state index in [2.05, 4.69) is 0 Å². The number of hydrogen-bond acceptors (Lipinski definition) is 14. The van der Waals surface area contributed by atoms with E-state index >= 15 is 0 Å². The van der Waals surface area contributed by atoms with Crippen LogP contribution in [0.4, 0.5) is 0 Å². The molecule has 1 spiro atoms. The molecule has 4 N–H and O–H groups in total. The van der Waals surface area contributed by atoms with Crippen LogP contribution in [-0.2, 0) is 42.7 Å². The number of cyclic esters (lactones) is 1. The number of esters is 1. The second-order valence-electron chi connectivity index (χ2n) is 15.9. The molecular formula is C36H63NO13. The van der Waals surface area contributed by atoms with E-state index in [1.807, 2.05) is 32.8 Å². The van der Waals surface area contributed by atoms with Gasteiger partial charge in [0.05, 0.1) is 54.7 Å². The number of ketones is 1. The Kier molecular flexibility index (Phi) is 13.6. The van der Waals surface area contributed by atoms with Gasteiger partial charge in [0.25, 0.3) is 0 Å². The van der Waals surface area contributed by atoms with Crippen molar-refractivity contribution in [3.05, 3.63) is 0 Å². The number of methoxy groups -OCH3 is 1. The number of likely N-dealkylation sites (N-methyl/N-ethyl adjacent to an activating group) is 1. The topological polar surface area (TPSA) is 186 Å². The summed E-state index contributed by atoms with van der Waals surface area (Å²) >= 11 is 0. The molecule has 4 saturated heterocycles. The summed E-state index contributed by atoms with van der Waals surface area (Å²) in [6, 6.07) is -0.312. The van der Waals surface area contributed by atoms with E-state index in [0.29, 0.717) is 12.8 Å². The fourth-order valence-electron chi connectivity index (χ4n) is 8.31. The largest absolute Gasteiger partial charge is 0.462 e. The van der Waals surface area contributed by atoms with E-state index in [-0.39, 0.29) is 37.4 Å². The minimum Gasteiger partial charge on any atom is -0.462 e. The molecule has 18 atom stereocenters. The number of nitrogens with zero attached hydrogens (tertiary/aromatic N) is 1. The highest BCUT2D eigenvalue weighted by Gasteiger charge is 2.61. The standard InChI is InChI=1S/C36H63NO13/c1-12-24-18(3)27(38)19(4)31(41)36(16-45-36)15-35(8,43)32(50-34-29(40)23(37(9)10)13-17(2)46-34)20(5)30(21(6)33(42)48-24)49-26-14-25(44-11)28(39)22(7)47-26/h17-30,32,34,38-40,43H,12-16H2,1-11H3/t17-,18+,19-,20+,21-,22+,23+,24?,25+,26+,27+,28+,29-,30?,32-,34+,35-,36-/m1/s1. The molecule has 290 valence electrons. The van der Waals surface area contributed by atoms with E-state index < -0.39 is 102 Å². The van der Waals surface area contributed by atoms with E-state index in [1.165, 1.54) is 14.0 Å². The van der Waals surface area contributed by atoms with Gasteiger partial charge in [-0.05, 0) is 54.6 Å². The summed E-state index contributed by atoms with van der Waals surface area (Å²) in [7, 11) is 5.20. The van der Waals surface area contributed by atoms with E-state index in [0.717, 1.165) is 0 Å². The van der Waals surface area contributed by atoms with Crippen molar-refractivity contribution < 1.29 is 63.2 Å². The molecule has 14 heteroatoms. The van der Waals surface area contributed by atoms with E-state index in [4.69, 9.17) is 33.2 Å². The molecule has 4 rings (SSSR count). The molecule has 2 unspecified atom stereocenters. The van der Waals surface area contributed by atoms with Gasteiger partial charge in [-0.15, -0.1) is 0 Å². The molecule has 0 aromatic rings. The van der Waals surface area contributed by atoms with Crippen molar-refractivity contribution in [1.82, 2.24) is 4.90 Å². The fourth-order valence-corrected chi connectivity index (χ4v) is 8.31. The van der Waals surface area contributed by atoms with Crippen LogP contribution in [0, 0.1) is 23.7 Å². The molecule has 4 fully saturated rings. The van der Waals surface area contributed by atoms with Crippen LogP contribution < -0.4 is 0 Å². The van der Waals surface area contributed by atoms with Gasteiger partial charge in [0.1, 0.15) is 18.3 Å². The van der Waals surface area contributed by atoms with Gasteiger partial charge in [0.2, 0.25) is 0 Å². The first-order valence-electron chi connectivity index (χ1n) is 18.2. The van der Waals surface area contributed by atoms with Crippen LogP contribution in [0.1, 0.15) is 81.1 Å². The number of carbonyl (C=O) groups excluding carboxylic acids is 2. The summed E-state index contributed by atoms with van der Waals surface area (Å²) in [6.45, 7) is 13.8. The predicted octanol–water partition coefficient (Wildman–Crippen LogP) is 1.41. The summed E-state index contributed by atoms with van der Waals surface area (Å²) in [5.41, 5.74) is -3.20. The van der Waals surface area contributed by atoms with Gasteiger partial charge in [0, 0.05) is 43.7 Å². The van der Waals surface area contributed by atoms with Crippen molar-refractivity contribution in [3.63, 3.8) is 0 Å². The Morgan fingerprint density at radius 3 is 2.10 bits per heavy atom. The number of carbonyl (C=O) groups is 2. The maximum atomic E-state index is 14.0. The molecule has 0 radical (unpaired) electrons. The van der Waals surface area contributed by atoms with Gasteiger partial charge in [-0.2, -0.15) is 0 Å². The number of aliphatic hydroxyl groups excluding tert-OH is 3. The molecule has 14 nitrogen and oxygen atoms in total. The zero-order valence-corrected chi connectivity index (χ0v) is 31.7. The zero-order chi connectivity index (χ0) is 37.5. The van der Waals surface area contributed by atoms with Crippen LogP contribution >= 0.6 is 0 Å². The Balaban J connectivity index is 1.81. The summed E-state index contributed by atoms with van der Waals surface area (Å²) in [6.07, 6.45) is -8.80. The van der Waals surface area contributed by atoms with E-state index in [9.17, 15) is 30.0 Å². The molecule has 0 bridgehead atoms. The maximum absolute atomic E-state index is 14.0. The smallest absolute Gasteiger partial charge is 0.311 e. The molecule has 4 aliphatic heterocycles. The minimum absolute atomic E-state index is 0.0495. The van der Waals surface area contributed by atoms with Crippen molar-refractivity contribution in [2.75, 3.05) is 27.8 Å². The Hall–Kier alpha value is -1.30. The van der Waals surface area contributed by atoms with Crippen molar-refractivity contribution in [3.8, 4) is 0 Å². The van der Waals surface area contributed by atoms with Crippen LogP contribution in [-0.4, -0.2) is 150 Å². The number of Topliss-reactive ketones (excluding diaryl/α,β-unsaturated/α-hetero) is 1. The Morgan fingerprint density at radius 2 is 1.54 bits per heavy atom. The Labute approximate surface area is 297 Å². The molecule has 0 aromatic heterocycles. The zero-order valence-electron chi connectivity index (χ0n) is 31.7. The quantitative estimate of drug-likeness (QED) is 0.219. The van der Waals surface area contributed by atoms with Gasteiger partial charge in [-0.25, -0.2) is 0 Å². The number of hydrogen-bond donors (Lipinski definition) is 4. The van der Waals surface area contributed by atoms with E-state index in [1.54, 1.807) is 34.6 Å². The third-order valence-corrected chi connectivity index (χ3v) is 11.6. The fraction of sp³-hybridized carbons (Fsp3) is 0.944. The first-order valence-corrected chi connectivity index (χ1v) is 18.2. The van der Waals surface area contributed by atoms with Crippen LogP contribution in [0.15, 0.2) is 0 Å². The van der Waals surface area contributed by atoms with Crippen LogP contribution in [0.25, 0.3) is 0 Å². The third kappa shape index (κ3) is 8.73. The monoisotopic (exact) mass is 717 g/mol. The van der Waals surface area contributed by atoms with Crippen molar-refractivity contribution in [1.29, 1.82) is 0 Å². The van der Waals surface area contributed by atoms with Crippen LogP contribution in [0.5, 0.6) is 0 Å². The average Bonchev–Trinajstić information content (AvgIpc) is 3.84. The number of rotatable bonds is 7. The summed E-state index contributed by atoms with van der Waals surface area (Å²) in [4.78, 5) is 29.9. The van der Waals surface area contributed by atoms with Crippen molar-refractivity contribution in [2.45, 2.75) is 166 Å². The molecule has 50 heavy (non-hydrogen) atoms. The normalized spacial score (nSPS) is 49.8. The lowest BCUT2D eigenvalue weighted by Crippen LogP contribution is -2.60. The molecule has 0 aromatic carbocycles. The van der Waals surface area contributed by atoms with Gasteiger partial charge >= 0.3 is 5.97 Å². The first-order chi connectivity index (χ1) is 23.3. The van der Waals surface area contributed by atoms with Gasteiger partial charge < -0.3 is 58.5 Å².